The molecule has 0 fully saturated rings. The van der Waals surface area contributed by atoms with E-state index in [1.54, 1.807) is 13.2 Å². The van der Waals surface area contributed by atoms with Crippen LogP contribution in [0.5, 0.6) is 5.75 Å². The summed E-state index contributed by atoms with van der Waals surface area (Å²) in [6, 6.07) is 3.43. The Morgan fingerprint density at radius 1 is 1.47 bits per heavy atom. The lowest BCUT2D eigenvalue weighted by Crippen LogP contribution is -2.04. The van der Waals surface area contributed by atoms with Gasteiger partial charge in [-0.25, -0.2) is 9.78 Å². The number of esters is 1. The number of ether oxygens (including phenoxy) is 2. The third kappa shape index (κ3) is 1.66. The predicted molar refractivity (Wildman–Crippen MR) is 57.5 cm³/mol. The predicted octanol–water partition coefficient (Wildman–Crippen LogP) is 2.09. The van der Waals surface area contributed by atoms with Crippen LogP contribution >= 0.6 is 11.3 Å². The number of hydrogen-bond acceptors (Lipinski definition) is 5. The Labute approximate surface area is 90.5 Å². The van der Waals surface area contributed by atoms with Gasteiger partial charge in [0.2, 0.25) is 0 Å². The second-order valence-electron chi connectivity index (χ2n) is 2.84. The first-order valence-electron chi connectivity index (χ1n) is 4.27. The molecule has 0 radical (unpaired) electrons. The molecule has 78 valence electrons. The van der Waals surface area contributed by atoms with Gasteiger partial charge in [-0.05, 0) is 11.4 Å². The first kappa shape index (κ1) is 9.92. The standard InChI is InChI=1S/C10H9NO3S/c1-13-8-5-7(10(12)14-2)11-6-3-4-15-9(6)8/h3-5H,1-2H3. The SMILES string of the molecule is COC(=O)c1cc(OC)c2sccc2n1. The van der Waals surface area contributed by atoms with E-state index in [1.807, 2.05) is 11.4 Å². The number of nitrogens with zero attached hydrogens (tertiary/aromatic N) is 1. The van der Waals surface area contributed by atoms with Crippen LogP contribution in [0.3, 0.4) is 0 Å². The molecule has 0 saturated heterocycles. The molecule has 0 spiro atoms. The van der Waals surface area contributed by atoms with Gasteiger partial charge in [-0.15, -0.1) is 11.3 Å². The fourth-order valence-corrected chi connectivity index (χ4v) is 2.11. The Balaban J connectivity index is 2.63. The molecule has 0 aliphatic carbocycles. The summed E-state index contributed by atoms with van der Waals surface area (Å²) in [6.45, 7) is 0. The first-order valence-corrected chi connectivity index (χ1v) is 5.14. The topological polar surface area (TPSA) is 48.4 Å². The molecule has 0 saturated carbocycles. The molecule has 2 aromatic rings. The van der Waals surface area contributed by atoms with E-state index in [-0.39, 0.29) is 5.69 Å². The molecule has 0 atom stereocenters. The van der Waals surface area contributed by atoms with E-state index in [4.69, 9.17) is 4.74 Å². The number of rotatable bonds is 2. The average molecular weight is 223 g/mol. The van der Waals surface area contributed by atoms with Crippen molar-refractivity contribution in [1.82, 2.24) is 4.98 Å². The molecular formula is C10H9NO3S. The largest absolute Gasteiger partial charge is 0.495 e. The Bertz CT molecular complexity index is 506. The van der Waals surface area contributed by atoms with Gasteiger partial charge in [-0.3, -0.25) is 0 Å². The van der Waals surface area contributed by atoms with E-state index >= 15 is 0 Å². The molecule has 0 aromatic carbocycles. The molecule has 0 N–H and O–H groups in total. The molecule has 5 heteroatoms. The molecule has 4 nitrogen and oxygen atoms in total. The fourth-order valence-electron chi connectivity index (χ4n) is 1.29. The third-order valence-corrected chi connectivity index (χ3v) is 2.91. The average Bonchev–Trinajstić information content (AvgIpc) is 2.74. The van der Waals surface area contributed by atoms with Gasteiger partial charge in [-0.1, -0.05) is 0 Å². The minimum absolute atomic E-state index is 0.264. The van der Waals surface area contributed by atoms with Crippen molar-refractivity contribution in [1.29, 1.82) is 0 Å². The highest BCUT2D eigenvalue weighted by Gasteiger charge is 2.13. The summed E-state index contributed by atoms with van der Waals surface area (Å²) >= 11 is 1.53. The number of carbonyl (C=O) groups is 1. The van der Waals surface area contributed by atoms with Crippen LogP contribution in [0.4, 0.5) is 0 Å². The summed E-state index contributed by atoms with van der Waals surface area (Å²) in [6.07, 6.45) is 0. The lowest BCUT2D eigenvalue weighted by atomic mass is 10.3. The molecule has 0 amide bonds. The molecule has 2 rings (SSSR count). The number of carbonyl (C=O) groups excluding carboxylic acids is 1. The molecule has 0 aliphatic rings. The summed E-state index contributed by atoms with van der Waals surface area (Å²) in [5.74, 6) is 0.191. The van der Waals surface area contributed by atoms with Crippen LogP contribution in [0.25, 0.3) is 10.2 Å². The molecule has 0 bridgehead atoms. The number of methoxy groups -OCH3 is 2. The van der Waals surface area contributed by atoms with Crippen LogP contribution in [0, 0.1) is 0 Å². The lowest BCUT2D eigenvalue weighted by Gasteiger charge is -2.03. The number of hydrogen-bond donors (Lipinski definition) is 0. The van der Waals surface area contributed by atoms with Crippen molar-refractivity contribution in [2.24, 2.45) is 0 Å². The maximum Gasteiger partial charge on any atom is 0.356 e. The minimum atomic E-state index is -0.457. The number of aromatic nitrogens is 1. The molecule has 2 heterocycles. The van der Waals surface area contributed by atoms with Crippen molar-refractivity contribution < 1.29 is 14.3 Å². The third-order valence-electron chi connectivity index (χ3n) is 1.99. The van der Waals surface area contributed by atoms with Crippen molar-refractivity contribution in [3.63, 3.8) is 0 Å². The quantitative estimate of drug-likeness (QED) is 0.731. The van der Waals surface area contributed by atoms with E-state index in [2.05, 4.69) is 9.72 Å². The highest BCUT2D eigenvalue weighted by atomic mass is 32.1. The summed E-state index contributed by atoms with van der Waals surface area (Å²) in [5.41, 5.74) is 1.01. The van der Waals surface area contributed by atoms with Gasteiger partial charge in [0.25, 0.3) is 0 Å². The maximum atomic E-state index is 11.3. The van der Waals surface area contributed by atoms with Crippen LogP contribution in [0.15, 0.2) is 17.5 Å². The minimum Gasteiger partial charge on any atom is -0.495 e. The Hall–Kier alpha value is -1.62. The number of pyridine rings is 1. The molecule has 15 heavy (non-hydrogen) atoms. The van der Waals surface area contributed by atoms with Crippen LogP contribution in [0.2, 0.25) is 0 Å². The van der Waals surface area contributed by atoms with Gasteiger partial charge in [0, 0.05) is 6.07 Å². The molecule has 0 unspecified atom stereocenters. The molecule has 0 aliphatic heterocycles. The zero-order valence-corrected chi connectivity index (χ0v) is 9.13. The van der Waals surface area contributed by atoms with E-state index < -0.39 is 5.97 Å². The summed E-state index contributed by atoms with van der Waals surface area (Å²) < 4.78 is 10.7. The van der Waals surface area contributed by atoms with Crippen molar-refractivity contribution in [2.75, 3.05) is 14.2 Å². The van der Waals surface area contributed by atoms with Gasteiger partial charge in [0.05, 0.1) is 24.4 Å². The number of thiophene rings is 1. The normalized spacial score (nSPS) is 10.3. The monoisotopic (exact) mass is 223 g/mol. The van der Waals surface area contributed by atoms with Crippen molar-refractivity contribution in [2.45, 2.75) is 0 Å². The van der Waals surface area contributed by atoms with Crippen LogP contribution in [-0.2, 0) is 4.74 Å². The highest BCUT2D eigenvalue weighted by Crippen LogP contribution is 2.30. The number of fused-ring (bicyclic) bond motifs is 1. The van der Waals surface area contributed by atoms with Crippen LogP contribution < -0.4 is 4.74 Å². The Morgan fingerprint density at radius 2 is 2.27 bits per heavy atom. The zero-order valence-electron chi connectivity index (χ0n) is 8.31. The van der Waals surface area contributed by atoms with Crippen LogP contribution in [0.1, 0.15) is 10.5 Å². The van der Waals surface area contributed by atoms with E-state index in [0.717, 1.165) is 10.2 Å². The van der Waals surface area contributed by atoms with Gasteiger partial charge in [0.15, 0.2) is 5.69 Å². The highest BCUT2D eigenvalue weighted by molar-refractivity contribution is 7.17. The van der Waals surface area contributed by atoms with E-state index in [0.29, 0.717) is 5.75 Å². The van der Waals surface area contributed by atoms with Crippen molar-refractivity contribution in [3.05, 3.63) is 23.2 Å². The van der Waals surface area contributed by atoms with Crippen molar-refractivity contribution in [3.8, 4) is 5.75 Å². The summed E-state index contributed by atoms with van der Waals surface area (Å²) in [7, 11) is 2.89. The zero-order chi connectivity index (χ0) is 10.8. The van der Waals surface area contributed by atoms with Gasteiger partial charge >= 0.3 is 5.97 Å². The van der Waals surface area contributed by atoms with Crippen molar-refractivity contribution >= 4 is 27.5 Å². The van der Waals surface area contributed by atoms with Crippen LogP contribution in [-0.4, -0.2) is 25.2 Å². The van der Waals surface area contributed by atoms with Gasteiger partial charge < -0.3 is 9.47 Å². The summed E-state index contributed by atoms with van der Waals surface area (Å²) in [5, 5.41) is 1.90. The first-order chi connectivity index (χ1) is 7.26. The van der Waals surface area contributed by atoms with E-state index in [1.165, 1.54) is 18.4 Å². The smallest absolute Gasteiger partial charge is 0.356 e. The Kier molecular flexibility index (Phi) is 2.55. The second kappa shape index (κ2) is 3.86. The van der Waals surface area contributed by atoms with E-state index in [9.17, 15) is 4.79 Å². The van der Waals surface area contributed by atoms with Gasteiger partial charge in [-0.2, -0.15) is 0 Å². The maximum absolute atomic E-state index is 11.3. The summed E-state index contributed by atoms with van der Waals surface area (Å²) in [4.78, 5) is 15.5. The lowest BCUT2D eigenvalue weighted by molar-refractivity contribution is 0.0594. The fraction of sp³-hybridized carbons (Fsp3) is 0.200. The molecular weight excluding hydrogens is 214 g/mol. The molecule has 2 aromatic heterocycles. The second-order valence-corrected chi connectivity index (χ2v) is 3.75. The van der Waals surface area contributed by atoms with Gasteiger partial charge in [0.1, 0.15) is 5.75 Å². The Morgan fingerprint density at radius 3 is 2.93 bits per heavy atom.